The number of hydrogen-bond acceptors (Lipinski definition) is 4. The number of carbonyl (C=O) groups excluding carboxylic acids is 2. The molecule has 5 nitrogen and oxygen atoms in total. The first-order valence-electron chi connectivity index (χ1n) is 8.87. The second kappa shape index (κ2) is 5.52. The molecule has 5 heteroatoms. The molecule has 0 N–H and O–H groups in total. The Morgan fingerprint density at radius 1 is 1.14 bits per heavy atom. The summed E-state index contributed by atoms with van der Waals surface area (Å²) in [7, 11) is 0. The molecule has 0 radical (unpaired) electrons. The Labute approximate surface area is 132 Å². The van der Waals surface area contributed by atoms with Crippen molar-refractivity contribution in [2.75, 3.05) is 19.6 Å². The van der Waals surface area contributed by atoms with Gasteiger partial charge in [0.05, 0.1) is 0 Å². The predicted molar refractivity (Wildman–Crippen MR) is 81.1 cm³/mol. The number of hydrogen-bond donors (Lipinski definition) is 0. The molecule has 0 aliphatic carbocycles. The van der Waals surface area contributed by atoms with Gasteiger partial charge < -0.3 is 9.64 Å². The van der Waals surface area contributed by atoms with Crippen LogP contribution < -0.4 is 0 Å². The first-order valence-corrected chi connectivity index (χ1v) is 8.87. The molecule has 5 atom stereocenters. The van der Waals surface area contributed by atoms with Gasteiger partial charge in [-0.25, -0.2) is 0 Å². The van der Waals surface area contributed by atoms with E-state index in [-0.39, 0.29) is 11.9 Å². The molecule has 4 saturated heterocycles. The van der Waals surface area contributed by atoms with E-state index in [1.165, 1.54) is 45.7 Å². The van der Waals surface area contributed by atoms with E-state index in [0.717, 1.165) is 13.0 Å². The third-order valence-corrected chi connectivity index (χ3v) is 6.26. The first kappa shape index (κ1) is 14.5. The number of piperidine rings is 4. The Bertz CT molecular complexity index is 479. The van der Waals surface area contributed by atoms with Crippen molar-refractivity contribution >= 4 is 11.9 Å². The van der Waals surface area contributed by atoms with Gasteiger partial charge in [0.2, 0.25) is 0 Å². The fourth-order valence-corrected chi connectivity index (χ4v) is 5.56. The first-order chi connectivity index (χ1) is 10.6. The topological polar surface area (TPSA) is 49.9 Å². The van der Waals surface area contributed by atoms with Gasteiger partial charge in [0.1, 0.15) is 0 Å². The van der Waals surface area contributed by atoms with E-state index in [4.69, 9.17) is 4.74 Å². The summed E-state index contributed by atoms with van der Waals surface area (Å²) in [6.07, 6.45) is 6.18. The van der Waals surface area contributed by atoms with Crippen LogP contribution in [-0.4, -0.2) is 59.5 Å². The lowest BCUT2D eigenvalue weighted by molar-refractivity contribution is -0.173. The number of fused-ring (bicyclic) bond motifs is 2. The van der Waals surface area contributed by atoms with E-state index >= 15 is 0 Å². The van der Waals surface area contributed by atoms with Gasteiger partial charge in [-0.3, -0.25) is 14.5 Å². The highest BCUT2D eigenvalue weighted by Gasteiger charge is 2.52. The molecule has 0 unspecified atom stereocenters. The van der Waals surface area contributed by atoms with Crippen LogP contribution in [0.1, 0.15) is 45.4 Å². The third-order valence-electron chi connectivity index (χ3n) is 6.26. The van der Waals surface area contributed by atoms with Crippen molar-refractivity contribution in [3.63, 3.8) is 0 Å². The van der Waals surface area contributed by atoms with Gasteiger partial charge in [0.25, 0.3) is 5.91 Å². The zero-order valence-corrected chi connectivity index (χ0v) is 13.4. The highest BCUT2D eigenvalue weighted by atomic mass is 16.5. The molecule has 1 amide bonds. The zero-order chi connectivity index (χ0) is 15.3. The molecule has 0 bridgehead atoms. The summed E-state index contributed by atoms with van der Waals surface area (Å²) in [5.74, 6) is 0.978. The third kappa shape index (κ3) is 2.25. The second-order valence-corrected chi connectivity index (χ2v) is 7.47. The van der Waals surface area contributed by atoms with Gasteiger partial charge in [-0.15, -0.1) is 0 Å². The van der Waals surface area contributed by atoms with E-state index in [9.17, 15) is 9.59 Å². The van der Waals surface area contributed by atoms with Crippen LogP contribution in [0.3, 0.4) is 0 Å². The monoisotopic (exact) mass is 306 g/mol. The van der Waals surface area contributed by atoms with Crippen molar-refractivity contribution in [3.8, 4) is 0 Å². The molecule has 0 aromatic carbocycles. The van der Waals surface area contributed by atoms with Crippen molar-refractivity contribution < 1.29 is 14.3 Å². The number of esters is 1. The van der Waals surface area contributed by atoms with Gasteiger partial charge in [-0.1, -0.05) is 0 Å². The molecule has 0 saturated carbocycles. The Morgan fingerprint density at radius 3 is 2.68 bits per heavy atom. The summed E-state index contributed by atoms with van der Waals surface area (Å²) in [4.78, 5) is 28.8. The summed E-state index contributed by atoms with van der Waals surface area (Å²) in [6, 6.07) is 1.07. The molecule has 4 rings (SSSR count). The predicted octanol–water partition coefficient (Wildman–Crippen LogP) is 1.41. The van der Waals surface area contributed by atoms with E-state index in [1.807, 2.05) is 0 Å². The highest BCUT2D eigenvalue weighted by Crippen LogP contribution is 2.44. The summed E-state index contributed by atoms with van der Waals surface area (Å²) in [5, 5.41) is 0. The molecular formula is C17H26N2O3. The lowest BCUT2D eigenvalue weighted by Crippen LogP contribution is -2.68. The lowest BCUT2D eigenvalue weighted by atomic mass is 9.68. The normalized spacial score (nSPS) is 41.6. The molecule has 0 aromatic rings. The number of rotatable bonds is 1. The zero-order valence-electron chi connectivity index (χ0n) is 13.4. The molecule has 122 valence electrons. The molecular weight excluding hydrogens is 280 g/mol. The quantitative estimate of drug-likeness (QED) is 0.687. The maximum Gasteiger partial charge on any atom is 0.303 e. The maximum absolute atomic E-state index is 12.8. The minimum Gasteiger partial charge on any atom is -0.452 e. The smallest absolute Gasteiger partial charge is 0.303 e. The molecule has 22 heavy (non-hydrogen) atoms. The van der Waals surface area contributed by atoms with E-state index < -0.39 is 6.10 Å². The Morgan fingerprint density at radius 2 is 1.91 bits per heavy atom. The second-order valence-electron chi connectivity index (χ2n) is 7.47. The summed E-state index contributed by atoms with van der Waals surface area (Å²) >= 11 is 0. The van der Waals surface area contributed by atoms with Crippen molar-refractivity contribution in [1.82, 2.24) is 9.80 Å². The molecule has 4 heterocycles. The largest absolute Gasteiger partial charge is 0.452 e. The minimum atomic E-state index is -0.534. The van der Waals surface area contributed by atoms with E-state index in [1.54, 1.807) is 0 Å². The standard InChI is InChI=1S/C17H26N2O3/c1-11(20)22-15-7-6-14-13-5-3-9-18-8-2-4-12(16(13)18)10-19(14)17(15)21/h12-16H,2-10H2,1H3/t12-,13+,14+,15+,16-/m0/s1. The molecule has 4 fully saturated rings. The van der Waals surface area contributed by atoms with Crippen molar-refractivity contribution in [2.45, 2.75) is 63.6 Å². The van der Waals surface area contributed by atoms with Gasteiger partial charge in [0.15, 0.2) is 6.10 Å². The average molecular weight is 306 g/mol. The number of carbonyl (C=O) groups is 2. The van der Waals surface area contributed by atoms with E-state index in [0.29, 0.717) is 30.3 Å². The van der Waals surface area contributed by atoms with Crippen LogP contribution in [0.25, 0.3) is 0 Å². The van der Waals surface area contributed by atoms with Crippen molar-refractivity contribution in [2.24, 2.45) is 11.8 Å². The number of ether oxygens (including phenoxy) is 1. The average Bonchev–Trinajstić information content (AvgIpc) is 2.51. The molecule has 4 aliphatic rings. The summed E-state index contributed by atoms with van der Waals surface area (Å²) < 4.78 is 5.25. The Balaban J connectivity index is 1.57. The molecule has 0 spiro atoms. The fourth-order valence-electron chi connectivity index (χ4n) is 5.56. The lowest BCUT2D eigenvalue weighted by Gasteiger charge is -2.59. The number of nitrogens with zero attached hydrogens (tertiary/aromatic N) is 2. The summed E-state index contributed by atoms with van der Waals surface area (Å²) in [5.41, 5.74) is 0. The van der Waals surface area contributed by atoms with Crippen LogP contribution >= 0.6 is 0 Å². The maximum atomic E-state index is 12.8. The summed E-state index contributed by atoms with van der Waals surface area (Å²) in [6.45, 7) is 4.76. The highest BCUT2D eigenvalue weighted by molar-refractivity contribution is 5.84. The van der Waals surface area contributed by atoms with Gasteiger partial charge in [-0.2, -0.15) is 0 Å². The molecule has 0 aromatic heterocycles. The van der Waals surface area contributed by atoms with Crippen LogP contribution in [0.15, 0.2) is 0 Å². The van der Waals surface area contributed by atoms with E-state index in [2.05, 4.69) is 9.80 Å². The van der Waals surface area contributed by atoms with Gasteiger partial charge in [-0.05, 0) is 63.5 Å². The number of amides is 1. The van der Waals surface area contributed by atoms with Crippen LogP contribution in [0.4, 0.5) is 0 Å². The van der Waals surface area contributed by atoms with Crippen LogP contribution in [0.5, 0.6) is 0 Å². The Hall–Kier alpha value is -1.10. The molecule has 4 aliphatic heterocycles. The van der Waals surface area contributed by atoms with Crippen LogP contribution in [0.2, 0.25) is 0 Å². The van der Waals surface area contributed by atoms with Crippen LogP contribution in [-0.2, 0) is 14.3 Å². The SMILES string of the molecule is CC(=O)O[C@@H]1CC[C@@H]2[C@H]3CCCN4CCC[C@@H](CN2C1=O)[C@@H]34. The van der Waals surface area contributed by atoms with Crippen molar-refractivity contribution in [3.05, 3.63) is 0 Å². The van der Waals surface area contributed by atoms with Gasteiger partial charge in [0, 0.05) is 25.6 Å². The van der Waals surface area contributed by atoms with Gasteiger partial charge >= 0.3 is 5.97 Å². The fraction of sp³-hybridized carbons (Fsp3) is 0.882. The van der Waals surface area contributed by atoms with Crippen LogP contribution in [0, 0.1) is 11.8 Å². The van der Waals surface area contributed by atoms with Crippen molar-refractivity contribution in [1.29, 1.82) is 0 Å². The Kier molecular flexibility index (Phi) is 3.63. The minimum absolute atomic E-state index is 0.0626.